The van der Waals surface area contributed by atoms with Crippen LogP contribution in [0.15, 0.2) is 58.4 Å². The van der Waals surface area contributed by atoms with Crippen molar-refractivity contribution >= 4 is 34.4 Å². The summed E-state index contributed by atoms with van der Waals surface area (Å²) in [6.45, 7) is 6.61. The van der Waals surface area contributed by atoms with Gasteiger partial charge in [-0.3, -0.25) is 9.36 Å². The Hall–Kier alpha value is -2.83. The average Bonchev–Trinajstić information content (AvgIpc) is 3.12. The maximum atomic E-state index is 13.4. The molecule has 31 heavy (non-hydrogen) atoms. The molecular weight excluding hydrogens is 435 g/mol. The zero-order chi connectivity index (χ0) is 22.3. The van der Waals surface area contributed by atoms with E-state index in [0.29, 0.717) is 40.0 Å². The molecule has 0 amide bonds. The number of hydrogen-bond donors (Lipinski definition) is 0. The monoisotopic (exact) mass is 456 g/mol. The molecule has 0 spiro atoms. The van der Waals surface area contributed by atoms with Crippen molar-refractivity contribution in [1.29, 1.82) is 0 Å². The first-order valence-electron chi connectivity index (χ1n) is 9.98. The molecular formula is C23H22Cl2N4O2. The molecule has 4 aromatic rings. The average molecular weight is 457 g/mol. The van der Waals surface area contributed by atoms with Crippen LogP contribution in [0, 0.1) is 12.8 Å². The molecule has 160 valence electrons. The summed E-state index contributed by atoms with van der Waals surface area (Å²) in [7, 11) is 0. The van der Waals surface area contributed by atoms with Gasteiger partial charge in [0.15, 0.2) is 11.2 Å². The van der Waals surface area contributed by atoms with Gasteiger partial charge in [0.05, 0.1) is 22.1 Å². The highest BCUT2D eigenvalue weighted by Gasteiger charge is 2.20. The fourth-order valence-electron chi connectivity index (χ4n) is 3.59. The van der Waals surface area contributed by atoms with E-state index >= 15 is 0 Å². The smallest absolute Gasteiger partial charge is 0.320 e. The predicted molar refractivity (Wildman–Crippen MR) is 125 cm³/mol. The zero-order valence-corrected chi connectivity index (χ0v) is 19.0. The van der Waals surface area contributed by atoms with Crippen molar-refractivity contribution in [2.75, 3.05) is 0 Å². The van der Waals surface area contributed by atoms with Crippen LogP contribution < -0.4 is 11.2 Å². The van der Waals surface area contributed by atoms with E-state index in [2.05, 4.69) is 4.98 Å². The number of benzene rings is 2. The van der Waals surface area contributed by atoms with Gasteiger partial charge in [-0.2, -0.15) is 0 Å². The largest absolute Gasteiger partial charge is 0.337 e. The summed E-state index contributed by atoms with van der Waals surface area (Å²) in [4.78, 5) is 31.1. The third-order valence-corrected chi connectivity index (χ3v) is 5.82. The first-order chi connectivity index (χ1) is 14.8. The molecule has 0 fully saturated rings. The van der Waals surface area contributed by atoms with Gasteiger partial charge < -0.3 is 4.57 Å². The molecule has 0 saturated heterocycles. The second-order valence-electron chi connectivity index (χ2n) is 8.06. The molecule has 8 heteroatoms. The van der Waals surface area contributed by atoms with Crippen molar-refractivity contribution in [1.82, 2.24) is 18.7 Å². The number of nitrogens with zero attached hydrogens (tertiary/aromatic N) is 4. The van der Waals surface area contributed by atoms with Gasteiger partial charge >= 0.3 is 5.69 Å². The van der Waals surface area contributed by atoms with Gasteiger partial charge in [-0.15, -0.1) is 0 Å². The zero-order valence-electron chi connectivity index (χ0n) is 17.5. The summed E-state index contributed by atoms with van der Waals surface area (Å²) in [5.74, 6) is 0.126. The van der Waals surface area contributed by atoms with Crippen LogP contribution in [0.25, 0.3) is 16.9 Å². The first kappa shape index (κ1) is 21.4. The van der Waals surface area contributed by atoms with Crippen LogP contribution in [0.1, 0.15) is 25.0 Å². The van der Waals surface area contributed by atoms with Gasteiger partial charge in [0.1, 0.15) is 0 Å². The Morgan fingerprint density at radius 3 is 2.35 bits per heavy atom. The molecule has 0 unspecified atom stereocenters. The maximum absolute atomic E-state index is 13.4. The topological polar surface area (TPSA) is 61.8 Å². The Morgan fingerprint density at radius 1 is 1.00 bits per heavy atom. The highest BCUT2D eigenvalue weighted by molar-refractivity contribution is 6.42. The lowest BCUT2D eigenvalue weighted by Gasteiger charge is -2.14. The summed E-state index contributed by atoms with van der Waals surface area (Å²) in [5, 5.41) is 0.908. The summed E-state index contributed by atoms with van der Waals surface area (Å²) in [6, 6.07) is 12.9. The molecule has 0 saturated carbocycles. The lowest BCUT2D eigenvalue weighted by atomic mass is 10.2. The van der Waals surface area contributed by atoms with E-state index in [-0.39, 0.29) is 11.5 Å². The summed E-state index contributed by atoms with van der Waals surface area (Å²) in [5.41, 5.74) is 2.57. The van der Waals surface area contributed by atoms with Crippen LogP contribution in [0.2, 0.25) is 10.0 Å². The second kappa shape index (κ2) is 8.36. The highest BCUT2D eigenvalue weighted by Crippen LogP contribution is 2.23. The van der Waals surface area contributed by atoms with Crippen LogP contribution in [-0.4, -0.2) is 18.7 Å². The fourth-order valence-corrected chi connectivity index (χ4v) is 3.91. The van der Waals surface area contributed by atoms with E-state index in [0.717, 1.165) is 11.1 Å². The van der Waals surface area contributed by atoms with Crippen molar-refractivity contribution in [3.63, 3.8) is 0 Å². The second-order valence-corrected chi connectivity index (χ2v) is 8.87. The SMILES string of the molecule is Cc1ccc(-n2c(=O)n(CC(C)C)c(=O)c3c2ncn3Cc2ccc(Cl)c(Cl)c2)cc1. The molecule has 2 aromatic heterocycles. The van der Waals surface area contributed by atoms with Crippen molar-refractivity contribution in [3.05, 3.63) is 90.8 Å². The van der Waals surface area contributed by atoms with E-state index in [1.165, 1.54) is 9.13 Å². The van der Waals surface area contributed by atoms with E-state index in [1.54, 1.807) is 23.0 Å². The number of aryl methyl sites for hydroxylation is 1. The summed E-state index contributed by atoms with van der Waals surface area (Å²) in [6.07, 6.45) is 1.58. The predicted octanol–water partition coefficient (Wildman–Crippen LogP) is 4.67. The van der Waals surface area contributed by atoms with Gasteiger partial charge in [-0.25, -0.2) is 14.3 Å². The summed E-state index contributed by atoms with van der Waals surface area (Å²) >= 11 is 12.2. The van der Waals surface area contributed by atoms with E-state index in [9.17, 15) is 9.59 Å². The first-order valence-corrected chi connectivity index (χ1v) is 10.7. The number of imidazole rings is 1. The number of hydrogen-bond acceptors (Lipinski definition) is 3. The molecule has 2 heterocycles. The van der Waals surface area contributed by atoms with Crippen molar-refractivity contribution in [2.45, 2.75) is 33.9 Å². The van der Waals surface area contributed by atoms with E-state index in [1.807, 2.05) is 51.1 Å². The minimum atomic E-state index is -0.394. The lowest BCUT2D eigenvalue weighted by molar-refractivity contribution is 0.489. The number of halogens is 2. The van der Waals surface area contributed by atoms with Crippen LogP contribution in [0.5, 0.6) is 0 Å². The third kappa shape index (κ3) is 4.05. The third-order valence-electron chi connectivity index (χ3n) is 5.08. The molecule has 0 aliphatic heterocycles. The molecule has 2 aromatic carbocycles. The molecule has 0 atom stereocenters. The Labute approximate surface area is 189 Å². The molecule has 0 N–H and O–H groups in total. The molecule has 6 nitrogen and oxygen atoms in total. The van der Waals surface area contributed by atoms with Crippen molar-refractivity contribution in [3.8, 4) is 5.69 Å². The van der Waals surface area contributed by atoms with Crippen LogP contribution >= 0.6 is 23.2 Å². The summed E-state index contributed by atoms with van der Waals surface area (Å²) < 4.78 is 4.54. The normalized spacial score (nSPS) is 11.5. The van der Waals surface area contributed by atoms with Gasteiger partial charge in [-0.1, -0.05) is 60.8 Å². The van der Waals surface area contributed by atoms with Gasteiger partial charge in [0, 0.05) is 13.1 Å². The maximum Gasteiger partial charge on any atom is 0.337 e. The minimum Gasteiger partial charge on any atom is -0.320 e. The quantitative estimate of drug-likeness (QED) is 0.438. The van der Waals surface area contributed by atoms with Gasteiger partial charge in [-0.05, 0) is 42.7 Å². The van der Waals surface area contributed by atoms with Crippen LogP contribution in [-0.2, 0) is 13.1 Å². The van der Waals surface area contributed by atoms with Crippen molar-refractivity contribution in [2.24, 2.45) is 5.92 Å². The highest BCUT2D eigenvalue weighted by atomic mass is 35.5. The Morgan fingerprint density at radius 2 is 1.71 bits per heavy atom. The molecule has 4 rings (SSSR count). The van der Waals surface area contributed by atoms with Gasteiger partial charge in [0.25, 0.3) is 5.56 Å². The minimum absolute atomic E-state index is 0.126. The Bertz CT molecular complexity index is 1380. The molecule has 0 aliphatic carbocycles. The van der Waals surface area contributed by atoms with Crippen LogP contribution in [0.3, 0.4) is 0 Å². The number of fused-ring (bicyclic) bond motifs is 1. The van der Waals surface area contributed by atoms with Crippen molar-refractivity contribution < 1.29 is 0 Å². The number of aromatic nitrogens is 4. The number of rotatable bonds is 5. The lowest BCUT2D eigenvalue weighted by Crippen LogP contribution is -2.41. The molecule has 0 radical (unpaired) electrons. The van der Waals surface area contributed by atoms with E-state index in [4.69, 9.17) is 23.2 Å². The van der Waals surface area contributed by atoms with Gasteiger partial charge in [0.2, 0.25) is 0 Å². The Balaban J connectivity index is 1.97. The molecule has 0 bridgehead atoms. The van der Waals surface area contributed by atoms with Crippen LogP contribution in [0.4, 0.5) is 0 Å². The Kier molecular flexibility index (Phi) is 5.77. The standard InChI is InChI=1S/C23H22Cl2N4O2/c1-14(2)11-28-22(30)20-21(29(23(28)31)17-7-4-15(3)5-8-17)26-13-27(20)12-16-6-9-18(24)19(25)10-16/h4-10,13-14H,11-12H2,1-3H3. The van der Waals surface area contributed by atoms with E-state index < -0.39 is 5.69 Å². The molecule has 0 aliphatic rings. The fraction of sp³-hybridized carbons (Fsp3) is 0.261.